The molecule has 1 atom stereocenters. The highest BCUT2D eigenvalue weighted by Crippen LogP contribution is 2.14. The number of amides is 2. The SMILES string of the molecule is O=C(NCc1cccs1)[C@H]1COCC(=O)N1Cc1ccccc1. The first kappa shape index (κ1) is 15.7. The smallest absolute Gasteiger partial charge is 0.249 e. The zero-order valence-electron chi connectivity index (χ0n) is 12.6. The van der Waals surface area contributed by atoms with E-state index < -0.39 is 6.04 Å². The van der Waals surface area contributed by atoms with Crippen LogP contribution in [-0.2, 0) is 27.4 Å². The minimum Gasteiger partial charge on any atom is -0.369 e. The Morgan fingerprint density at radius 3 is 2.83 bits per heavy atom. The fourth-order valence-electron chi connectivity index (χ4n) is 2.51. The number of nitrogens with zero attached hydrogens (tertiary/aromatic N) is 1. The molecule has 1 aliphatic heterocycles. The summed E-state index contributed by atoms with van der Waals surface area (Å²) in [6.45, 7) is 1.15. The molecule has 23 heavy (non-hydrogen) atoms. The Hall–Kier alpha value is -2.18. The number of benzene rings is 1. The first-order chi connectivity index (χ1) is 11.2. The van der Waals surface area contributed by atoms with E-state index in [0.29, 0.717) is 13.1 Å². The van der Waals surface area contributed by atoms with Crippen molar-refractivity contribution in [2.75, 3.05) is 13.2 Å². The number of ether oxygens (including phenoxy) is 1. The maximum absolute atomic E-state index is 12.5. The monoisotopic (exact) mass is 330 g/mol. The number of hydrogen-bond donors (Lipinski definition) is 1. The van der Waals surface area contributed by atoms with Gasteiger partial charge in [-0.25, -0.2) is 0 Å². The van der Waals surface area contributed by atoms with Gasteiger partial charge in [0.15, 0.2) is 0 Å². The molecule has 3 rings (SSSR count). The van der Waals surface area contributed by atoms with E-state index >= 15 is 0 Å². The fourth-order valence-corrected chi connectivity index (χ4v) is 3.15. The van der Waals surface area contributed by atoms with E-state index in [0.717, 1.165) is 10.4 Å². The molecule has 0 unspecified atom stereocenters. The van der Waals surface area contributed by atoms with E-state index in [1.165, 1.54) is 0 Å². The molecule has 0 spiro atoms. The number of carbonyl (C=O) groups is 2. The van der Waals surface area contributed by atoms with Crippen LogP contribution in [0.5, 0.6) is 0 Å². The summed E-state index contributed by atoms with van der Waals surface area (Å²) in [5.41, 5.74) is 0.999. The van der Waals surface area contributed by atoms with Crippen LogP contribution in [0.1, 0.15) is 10.4 Å². The van der Waals surface area contributed by atoms with E-state index in [2.05, 4.69) is 5.32 Å². The molecule has 0 radical (unpaired) electrons. The Labute approximate surface area is 138 Å². The Morgan fingerprint density at radius 1 is 1.26 bits per heavy atom. The van der Waals surface area contributed by atoms with Crippen molar-refractivity contribution in [1.29, 1.82) is 0 Å². The average molecular weight is 330 g/mol. The van der Waals surface area contributed by atoms with E-state index in [-0.39, 0.29) is 25.0 Å². The van der Waals surface area contributed by atoms with Crippen LogP contribution in [0, 0.1) is 0 Å². The molecule has 0 aliphatic carbocycles. The maximum atomic E-state index is 12.5. The van der Waals surface area contributed by atoms with Gasteiger partial charge in [-0.3, -0.25) is 9.59 Å². The summed E-state index contributed by atoms with van der Waals surface area (Å²) in [5.74, 6) is -0.334. The van der Waals surface area contributed by atoms with Crippen LogP contribution in [0.15, 0.2) is 47.8 Å². The fraction of sp³-hybridized carbons (Fsp3) is 0.294. The third kappa shape index (κ3) is 3.97. The lowest BCUT2D eigenvalue weighted by atomic mass is 10.1. The third-order valence-electron chi connectivity index (χ3n) is 3.71. The van der Waals surface area contributed by atoms with Crippen LogP contribution in [-0.4, -0.2) is 36.0 Å². The molecule has 6 heteroatoms. The van der Waals surface area contributed by atoms with Gasteiger partial charge in [-0.1, -0.05) is 36.4 Å². The van der Waals surface area contributed by atoms with Crippen molar-refractivity contribution in [2.24, 2.45) is 0 Å². The second kappa shape index (κ2) is 7.39. The van der Waals surface area contributed by atoms with E-state index in [9.17, 15) is 9.59 Å². The second-order valence-corrected chi connectivity index (χ2v) is 6.37. The minimum absolute atomic E-state index is 0.0293. The lowest BCUT2D eigenvalue weighted by Gasteiger charge is -2.34. The van der Waals surface area contributed by atoms with Crippen LogP contribution < -0.4 is 5.32 Å². The lowest BCUT2D eigenvalue weighted by Crippen LogP contribution is -2.55. The molecule has 120 valence electrons. The van der Waals surface area contributed by atoms with E-state index in [1.54, 1.807) is 16.2 Å². The number of carbonyl (C=O) groups excluding carboxylic acids is 2. The van der Waals surface area contributed by atoms with Crippen molar-refractivity contribution in [3.63, 3.8) is 0 Å². The molecular formula is C17H18N2O3S. The van der Waals surface area contributed by atoms with Gasteiger partial charge in [-0.05, 0) is 17.0 Å². The summed E-state index contributed by atoms with van der Waals surface area (Å²) in [7, 11) is 0. The molecule has 1 fully saturated rings. The van der Waals surface area contributed by atoms with Crippen molar-refractivity contribution < 1.29 is 14.3 Å². The Bertz CT molecular complexity index is 658. The van der Waals surface area contributed by atoms with Gasteiger partial charge in [-0.2, -0.15) is 0 Å². The van der Waals surface area contributed by atoms with E-state index in [1.807, 2.05) is 47.8 Å². The Kier molecular flexibility index (Phi) is 5.05. The third-order valence-corrected chi connectivity index (χ3v) is 4.59. The van der Waals surface area contributed by atoms with Gasteiger partial charge in [0.05, 0.1) is 13.2 Å². The first-order valence-electron chi connectivity index (χ1n) is 7.45. The summed E-state index contributed by atoms with van der Waals surface area (Å²) in [5, 5.41) is 4.86. The highest BCUT2D eigenvalue weighted by atomic mass is 32.1. The zero-order valence-corrected chi connectivity index (χ0v) is 13.4. The molecular weight excluding hydrogens is 312 g/mol. The quantitative estimate of drug-likeness (QED) is 0.909. The Balaban J connectivity index is 1.67. The standard InChI is InChI=1S/C17H18N2O3S/c20-16-12-22-11-15(17(21)18-9-14-7-4-8-23-14)19(16)10-13-5-2-1-3-6-13/h1-8,15H,9-12H2,(H,18,21)/t15-/m1/s1. The molecule has 1 N–H and O–H groups in total. The zero-order chi connectivity index (χ0) is 16.1. The number of nitrogens with one attached hydrogen (secondary N) is 1. The van der Waals surface area contributed by atoms with Gasteiger partial charge < -0.3 is 15.0 Å². The van der Waals surface area contributed by atoms with Crippen molar-refractivity contribution in [3.8, 4) is 0 Å². The lowest BCUT2D eigenvalue weighted by molar-refractivity contribution is -0.155. The van der Waals surface area contributed by atoms with Crippen LogP contribution in [0.3, 0.4) is 0 Å². The summed E-state index contributed by atoms with van der Waals surface area (Å²) >= 11 is 1.59. The van der Waals surface area contributed by atoms with Crippen molar-refractivity contribution in [1.82, 2.24) is 10.2 Å². The summed E-state index contributed by atoms with van der Waals surface area (Å²) in [6, 6.07) is 13.0. The highest BCUT2D eigenvalue weighted by molar-refractivity contribution is 7.09. The molecule has 2 heterocycles. The van der Waals surface area contributed by atoms with Gasteiger partial charge in [-0.15, -0.1) is 11.3 Å². The number of thiophene rings is 1. The van der Waals surface area contributed by atoms with Gasteiger partial charge in [0.1, 0.15) is 12.6 Å². The topological polar surface area (TPSA) is 58.6 Å². The maximum Gasteiger partial charge on any atom is 0.249 e. The van der Waals surface area contributed by atoms with Crippen LogP contribution in [0.2, 0.25) is 0 Å². The average Bonchev–Trinajstić information content (AvgIpc) is 3.09. The number of hydrogen-bond acceptors (Lipinski definition) is 4. The van der Waals surface area contributed by atoms with Gasteiger partial charge >= 0.3 is 0 Å². The van der Waals surface area contributed by atoms with Gasteiger partial charge in [0.2, 0.25) is 11.8 Å². The predicted molar refractivity (Wildman–Crippen MR) is 87.8 cm³/mol. The number of morpholine rings is 1. The van der Waals surface area contributed by atoms with Crippen molar-refractivity contribution in [2.45, 2.75) is 19.1 Å². The molecule has 2 aromatic rings. The highest BCUT2D eigenvalue weighted by Gasteiger charge is 2.33. The van der Waals surface area contributed by atoms with Crippen molar-refractivity contribution in [3.05, 3.63) is 58.3 Å². The second-order valence-electron chi connectivity index (χ2n) is 5.34. The van der Waals surface area contributed by atoms with E-state index in [4.69, 9.17) is 4.74 Å². The molecule has 5 nitrogen and oxygen atoms in total. The predicted octanol–water partition coefficient (Wildman–Crippen LogP) is 1.79. The molecule has 0 saturated carbocycles. The van der Waals surface area contributed by atoms with Gasteiger partial charge in [0, 0.05) is 11.4 Å². The largest absolute Gasteiger partial charge is 0.369 e. The first-order valence-corrected chi connectivity index (χ1v) is 8.33. The summed E-state index contributed by atoms with van der Waals surface area (Å²) < 4.78 is 5.27. The molecule has 1 saturated heterocycles. The van der Waals surface area contributed by atoms with Crippen LogP contribution >= 0.6 is 11.3 Å². The minimum atomic E-state index is -0.587. The number of rotatable bonds is 5. The summed E-state index contributed by atoms with van der Waals surface area (Å²) in [6.07, 6.45) is 0. The molecule has 0 bridgehead atoms. The molecule has 2 amide bonds. The normalized spacial score (nSPS) is 18.0. The molecule has 1 aromatic carbocycles. The van der Waals surface area contributed by atoms with Crippen LogP contribution in [0.4, 0.5) is 0 Å². The molecule has 1 aromatic heterocycles. The Morgan fingerprint density at radius 2 is 2.09 bits per heavy atom. The van der Waals surface area contributed by atoms with Gasteiger partial charge in [0.25, 0.3) is 0 Å². The van der Waals surface area contributed by atoms with Crippen molar-refractivity contribution >= 4 is 23.2 Å². The summed E-state index contributed by atoms with van der Waals surface area (Å²) in [4.78, 5) is 27.3. The van der Waals surface area contributed by atoms with Crippen LogP contribution in [0.25, 0.3) is 0 Å². The molecule has 1 aliphatic rings.